The van der Waals surface area contributed by atoms with Gasteiger partial charge in [0.25, 0.3) is 0 Å². The van der Waals surface area contributed by atoms with Gasteiger partial charge in [0, 0.05) is 6.54 Å². The minimum absolute atomic E-state index is 0.196. The fraction of sp³-hybridized carbons (Fsp3) is 0.818. The van der Waals surface area contributed by atoms with E-state index >= 15 is 0 Å². The van der Waals surface area contributed by atoms with E-state index in [1.54, 1.807) is 6.92 Å². The van der Waals surface area contributed by atoms with Gasteiger partial charge in [0.15, 0.2) is 0 Å². The first kappa shape index (κ1) is 15.7. The first-order valence-corrected chi connectivity index (χ1v) is 5.95. The second-order valence-corrected chi connectivity index (χ2v) is 4.11. The molecule has 19 heavy (non-hydrogen) atoms. The van der Waals surface area contributed by atoms with Gasteiger partial charge in [0.05, 0.1) is 6.61 Å². The third kappa shape index (κ3) is 5.06. The lowest BCUT2D eigenvalue weighted by molar-refractivity contribution is -0.179. The fourth-order valence-corrected chi connectivity index (χ4v) is 1.89. The van der Waals surface area contributed by atoms with Crippen LogP contribution >= 0.6 is 0 Å². The minimum atomic E-state index is -4.47. The number of esters is 1. The first-order chi connectivity index (χ1) is 8.85. The van der Waals surface area contributed by atoms with Crippen molar-refractivity contribution in [1.82, 2.24) is 4.90 Å². The van der Waals surface area contributed by atoms with Gasteiger partial charge in [-0.05, 0) is 19.8 Å². The molecule has 0 aromatic heterocycles. The average molecular weight is 283 g/mol. The van der Waals surface area contributed by atoms with Crippen molar-refractivity contribution in [2.75, 3.05) is 26.4 Å². The van der Waals surface area contributed by atoms with Crippen LogP contribution in [0, 0.1) is 0 Å². The number of amides is 1. The van der Waals surface area contributed by atoms with Gasteiger partial charge < -0.3 is 14.4 Å². The maximum absolute atomic E-state index is 11.9. The van der Waals surface area contributed by atoms with E-state index in [-0.39, 0.29) is 6.61 Å². The molecular formula is C11H16F3NO4. The molecule has 0 aliphatic carbocycles. The van der Waals surface area contributed by atoms with Crippen molar-refractivity contribution in [3.63, 3.8) is 0 Å². The monoisotopic (exact) mass is 283 g/mol. The maximum Gasteiger partial charge on any atom is 0.411 e. The summed E-state index contributed by atoms with van der Waals surface area (Å²) in [6, 6.07) is -0.707. The molecule has 0 aromatic rings. The Morgan fingerprint density at radius 3 is 2.63 bits per heavy atom. The highest BCUT2D eigenvalue weighted by Gasteiger charge is 2.35. The highest BCUT2D eigenvalue weighted by atomic mass is 19.4. The summed E-state index contributed by atoms with van der Waals surface area (Å²) >= 11 is 0. The van der Waals surface area contributed by atoms with Gasteiger partial charge in [-0.2, -0.15) is 13.2 Å². The van der Waals surface area contributed by atoms with E-state index in [0.29, 0.717) is 19.4 Å². The van der Waals surface area contributed by atoms with Gasteiger partial charge in [0.1, 0.15) is 19.3 Å². The molecule has 0 saturated carbocycles. The van der Waals surface area contributed by atoms with Gasteiger partial charge >= 0.3 is 12.1 Å². The van der Waals surface area contributed by atoms with Crippen LogP contribution in [-0.4, -0.2) is 55.4 Å². The Morgan fingerprint density at radius 1 is 1.37 bits per heavy atom. The lowest BCUT2D eigenvalue weighted by Gasteiger charge is -2.23. The third-order valence-electron chi connectivity index (χ3n) is 2.62. The summed E-state index contributed by atoms with van der Waals surface area (Å²) in [6.45, 7) is 0.0111. The number of likely N-dealkylation sites (tertiary alicyclic amines) is 1. The summed E-state index contributed by atoms with van der Waals surface area (Å²) in [5, 5.41) is 0. The Kier molecular flexibility index (Phi) is 5.59. The SMILES string of the molecule is CCOC(=O)C1CCCN1C(=O)COCC(F)(F)F. The summed E-state index contributed by atoms with van der Waals surface area (Å²) in [5.74, 6) is -1.15. The van der Waals surface area contributed by atoms with Crippen LogP contribution in [0.15, 0.2) is 0 Å². The standard InChI is InChI=1S/C11H16F3NO4/c1-2-19-10(17)8-4-3-5-15(8)9(16)6-18-7-11(12,13)14/h8H,2-7H2,1H3. The van der Waals surface area contributed by atoms with Crippen molar-refractivity contribution in [1.29, 1.82) is 0 Å². The third-order valence-corrected chi connectivity index (χ3v) is 2.62. The number of hydrogen-bond donors (Lipinski definition) is 0. The predicted octanol–water partition coefficient (Wildman–Crippen LogP) is 1.12. The van der Waals surface area contributed by atoms with Crippen LogP contribution in [0.2, 0.25) is 0 Å². The molecule has 1 heterocycles. The van der Waals surface area contributed by atoms with E-state index in [1.807, 2.05) is 0 Å². The van der Waals surface area contributed by atoms with Gasteiger partial charge in [-0.1, -0.05) is 0 Å². The molecule has 0 aromatic carbocycles. The molecule has 1 saturated heterocycles. The quantitative estimate of drug-likeness (QED) is 0.709. The lowest BCUT2D eigenvalue weighted by Crippen LogP contribution is -2.43. The second kappa shape index (κ2) is 6.74. The molecule has 0 spiro atoms. The number of halogens is 3. The molecule has 0 N–H and O–H groups in total. The second-order valence-electron chi connectivity index (χ2n) is 4.11. The number of ether oxygens (including phenoxy) is 2. The molecular weight excluding hydrogens is 267 g/mol. The van der Waals surface area contributed by atoms with Crippen LogP contribution in [0.1, 0.15) is 19.8 Å². The van der Waals surface area contributed by atoms with E-state index in [4.69, 9.17) is 4.74 Å². The predicted molar refractivity (Wildman–Crippen MR) is 58.2 cm³/mol. The summed E-state index contributed by atoms with van der Waals surface area (Å²) < 4.78 is 44.7. The molecule has 1 aliphatic heterocycles. The zero-order valence-corrected chi connectivity index (χ0v) is 10.5. The molecule has 8 heteroatoms. The molecule has 5 nitrogen and oxygen atoms in total. The Hall–Kier alpha value is -1.31. The van der Waals surface area contributed by atoms with Crippen molar-refractivity contribution in [2.24, 2.45) is 0 Å². The summed E-state index contributed by atoms with van der Waals surface area (Å²) in [5.41, 5.74) is 0. The van der Waals surface area contributed by atoms with Gasteiger partial charge in [-0.25, -0.2) is 4.79 Å². The normalized spacial score (nSPS) is 19.6. The summed E-state index contributed by atoms with van der Waals surface area (Å²) in [7, 11) is 0. The first-order valence-electron chi connectivity index (χ1n) is 5.95. The van der Waals surface area contributed by atoms with Crippen LogP contribution in [0.5, 0.6) is 0 Å². The van der Waals surface area contributed by atoms with E-state index in [1.165, 1.54) is 4.90 Å². The van der Waals surface area contributed by atoms with Crippen molar-refractivity contribution in [2.45, 2.75) is 32.0 Å². The molecule has 1 unspecified atom stereocenters. The largest absolute Gasteiger partial charge is 0.464 e. The van der Waals surface area contributed by atoms with E-state index in [2.05, 4.69) is 4.74 Å². The summed E-state index contributed by atoms with van der Waals surface area (Å²) in [6.07, 6.45) is -3.38. The number of carbonyl (C=O) groups is 2. The Labute approximate surface area is 108 Å². The van der Waals surface area contributed by atoms with E-state index in [9.17, 15) is 22.8 Å². The van der Waals surface area contributed by atoms with Crippen molar-refractivity contribution in [3.8, 4) is 0 Å². The van der Waals surface area contributed by atoms with Crippen molar-refractivity contribution < 1.29 is 32.2 Å². The maximum atomic E-state index is 11.9. The number of rotatable bonds is 5. The lowest BCUT2D eigenvalue weighted by atomic mass is 10.2. The van der Waals surface area contributed by atoms with E-state index < -0.39 is 37.3 Å². The smallest absolute Gasteiger partial charge is 0.411 e. The van der Waals surface area contributed by atoms with Crippen LogP contribution in [0.25, 0.3) is 0 Å². The fourth-order valence-electron chi connectivity index (χ4n) is 1.89. The Balaban J connectivity index is 2.44. The number of hydrogen-bond acceptors (Lipinski definition) is 4. The zero-order chi connectivity index (χ0) is 14.5. The highest BCUT2D eigenvalue weighted by Crippen LogP contribution is 2.19. The van der Waals surface area contributed by atoms with Gasteiger partial charge in [0.2, 0.25) is 5.91 Å². The molecule has 1 rings (SSSR count). The van der Waals surface area contributed by atoms with E-state index in [0.717, 1.165) is 0 Å². The van der Waals surface area contributed by atoms with Gasteiger partial charge in [-0.3, -0.25) is 4.79 Å². The Morgan fingerprint density at radius 2 is 2.05 bits per heavy atom. The topological polar surface area (TPSA) is 55.8 Å². The molecule has 1 aliphatic rings. The average Bonchev–Trinajstić information content (AvgIpc) is 2.76. The zero-order valence-electron chi connectivity index (χ0n) is 10.5. The van der Waals surface area contributed by atoms with Crippen LogP contribution in [0.3, 0.4) is 0 Å². The highest BCUT2D eigenvalue weighted by molar-refractivity contribution is 5.85. The molecule has 1 amide bonds. The molecule has 0 radical (unpaired) electrons. The number of alkyl halides is 3. The number of nitrogens with zero attached hydrogens (tertiary/aromatic N) is 1. The van der Waals surface area contributed by atoms with Crippen LogP contribution < -0.4 is 0 Å². The molecule has 1 atom stereocenters. The minimum Gasteiger partial charge on any atom is -0.464 e. The summed E-state index contributed by atoms with van der Waals surface area (Å²) in [4.78, 5) is 24.4. The number of carbonyl (C=O) groups excluding carboxylic acids is 2. The Bertz CT molecular complexity index is 332. The van der Waals surface area contributed by atoms with Crippen LogP contribution in [-0.2, 0) is 19.1 Å². The van der Waals surface area contributed by atoms with Crippen LogP contribution in [0.4, 0.5) is 13.2 Å². The van der Waals surface area contributed by atoms with Crippen molar-refractivity contribution >= 4 is 11.9 Å². The molecule has 1 fully saturated rings. The van der Waals surface area contributed by atoms with Gasteiger partial charge in [-0.15, -0.1) is 0 Å². The molecule has 0 bridgehead atoms. The molecule has 110 valence electrons. The van der Waals surface area contributed by atoms with Crippen molar-refractivity contribution in [3.05, 3.63) is 0 Å².